The van der Waals surface area contributed by atoms with E-state index in [1.54, 1.807) is 6.07 Å². The van der Waals surface area contributed by atoms with E-state index < -0.39 is 4.92 Å². The third-order valence-corrected chi connectivity index (χ3v) is 4.16. The number of aromatic amines is 1. The molecule has 0 atom stereocenters. The van der Waals surface area contributed by atoms with Gasteiger partial charge in [0.15, 0.2) is 5.16 Å². The zero-order valence-electron chi connectivity index (χ0n) is 12.6. The summed E-state index contributed by atoms with van der Waals surface area (Å²) in [5.41, 5.74) is 2.06. The number of hydrogen-bond acceptors (Lipinski definition) is 5. The van der Waals surface area contributed by atoms with Crippen LogP contribution in [0.25, 0.3) is 11.0 Å². The smallest absolute Gasteiger partial charge is 0.271 e. The minimum absolute atomic E-state index is 0.0185. The maximum Gasteiger partial charge on any atom is 0.271 e. The fraction of sp³-hybridized carbons (Fsp3) is 0.125. The number of rotatable bonds is 6. The van der Waals surface area contributed by atoms with Crippen LogP contribution in [-0.4, -0.2) is 26.6 Å². The highest BCUT2D eigenvalue weighted by atomic mass is 32.2. The lowest BCUT2D eigenvalue weighted by atomic mass is 10.3. The van der Waals surface area contributed by atoms with Gasteiger partial charge in [-0.15, -0.1) is 0 Å². The van der Waals surface area contributed by atoms with E-state index in [4.69, 9.17) is 0 Å². The second-order valence-electron chi connectivity index (χ2n) is 5.01. The third-order valence-electron chi connectivity index (χ3n) is 3.28. The molecule has 0 fully saturated rings. The Morgan fingerprint density at radius 2 is 2.04 bits per heavy atom. The number of para-hydroxylation sites is 1. The van der Waals surface area contributed by atoms with E-state index in [2.05, 4.69) is 15.3 Å². The van der Waals surface area contributed by atoms with Crippen LogP contribution in [0.1, 0.15) is 6.42 Å². The Hall–Kier alpha value is -2.87. The summed E-state index contributed by atoms with van der Waals surface area (Å²) < 4.78 is 0. The quantitative estimate of drug-likeness (QED) is 0.405. The summed E-state index contributed by atoms with van der Waals surface area (Å²) in [6, 6.07) is 13.7. The van der Waals surface area contributed by atoms with Crippen molar-refractivity contribution in [3.8, 4) is 0 Å². The van der Waals surface area contributed by atoms with Crippen molar-refractivity contribution in [1.29, 1.82) is 0 Å². The number of benzene rings is 2. The first-order valence-electron chi connectivity index (χ1n) is 7.24. The molecule has 2 N–H and O–H groups in total. The van der Waals surface area contributed by atoms with Gasteiger partial charge < -0.3 is 10.3 Å². The van der Waals surface area contributed by atoms with Crippen molar-refractivity contribution in [2.45, 2.75) is 11.6 Å². The average Bonchev–Trinajstić information content (AvgIpc) is 2.97. The molecule has 0 aliphatic rings. The van der Waals surface area contributed by atoms with Gasteiger partial charge in [0.1, 0.15) is 0 Å². The first-order chi connectivity index (χ1) is 11.6. The molecule has 3 aromatic rings. The number of imidazole rings is 1. The number of aromatic nitrogens is 2. The number of nitro benzene ring substituents is 1. The van der Waals surface area contributed by atoms with E-state index in [0.29, 0.717) is 28.4 Å². The fourth-order valence-electron chi connectivity index (χ4n) is 2.14. The number of amides is 1. The molecule has 24 heavy (non-hydrogen) atoms. The van der Waals surface area contributed by atoms with Gasteiger partial charge in [-0.3, -0.25) is 14.9 Å². The Morgan fingerprint density at radius 3 is 2.79 bits per heavy atom. The predicted molar refractivity (Wildman–Crippen MR) is 93.2 cm³/mol. The molecular formula is C16H14N4O3S. The molecule has 1 aromatic heterocycles. The number of carbonyl (C=O) groups excluding carboxylic acids is 1. The van der Waals surface area contributed by atoms with Crippen LogP contribution in [0.5, 0.6) is 0 Å². The first-order valence-corrected chi connectivity index (χ1v) is 8.22. The highest BCUT2D eigenvalue weighted by molar-refractivity contribution is 7.99. The largest absolute Gasteiger partial charge is 0.333 e. The molecular weight excluding hydrogens is 328 g/mol. The molecule has 8 heteroatoms. The molecule has 1 heterocycles. The van der Waals surface area contributed by atoms with Gasteiger partial charge >= 0.3 is 0 Å². The van der Waals surface area contributed by atoms with Gasteiger partial charge in [0.2, 0.25) is 5.91 Å². The summed E-state index contributed by atoms with van der Waals surface area (Å²) in [6.07, 6.45) is 0.344. The third kappa shape index (κ3) is 3.90. The maximum atomic E-state index is 11.9. The van der Waals surface area contributed by atoms with Crippen molar-refractivity contribution < 1.29 is 9.72 Å². The number of H-pyrrole nitrogens is 1. The van der Waals surface area contributed by atoms with E-state index in [1.807, 2.05) is 30.3 Å². The maximum absolute atomic E-state index is 11.9. The van der Waals surface area contributed by atoms with Crippen LogP contribution in [0, 0.1) is 10.1 Å². The van der Waals surface area contributed by atoms with E-state index in [0.717, 1.165) is 5.69 Å². The Kier molecular flexibility index (Phi) is 4.76. The van der Waals surface area contributed by atoms with Gasteiger partial charge in [-0.05, 0) is 18.2 Å². The summed E-state index contributed by atoms with van der Waals surface area (Å²) in [4.78, 5) is 29.6. The molecule has 0 unspecified atom stereocenters. The highest BCUT2D eigenvalue weighted by Crippen LogP contribution is 2.23. The molecule has 0 saturated heterocycles. The van der Waals surface area contributed by atoms with Crippen LogP contribution in [0.3, 0.4) is 0 Å². The molecule has 0 radical (unpaired) electrons. The zero-order chi connectivity index (χ0) is 16.9. The van der Waals surface area contributed by atoms with Gasteiger partial charge in [0.25, 0.3) is 5.69 Å². The number of thioether (sulfide) groups is 1. The van der Waals surface area contributed by atoms with E-state index in [9.17, 15) is 14.9 Å². The fourth-order valence-corrected chi connectivity index (χ4v) is 2.97. The van der Waals surface area contributed by atoms with Crippen molar-refractivity contribution in [1.82, 2.24) is 9.97 Å². The Balaban J connectivity index is 1.55. The Bertz CT molecular complexity index is 879. The number of carbonyl (C=O) groups is 1. The van der Waals surface area contributed by atoms with E-state index in [-0.39, 0.29) is 11.6 Å². The van der Waals surface area contributed by atoms with Crippen molar-refractivity contribution in [2.24, 2.45) is 0 Å². The van der Waals surface area contributed by atoms with Crippen molar-refractivity contribution in [3.63, 3.8) is 0 Å². The summed E-state index contributed by atoms with van der Waals surface area (Å²) in [5, 5.41) is 14.2. The van der Waals surface area contributed by atoms with Crippen LogP contribution in [0.2, 0.25) is 0 Å². The lowest BCUT2D eigenvalue weighted by Gasteiger charge is -2.03. The van der Waals surface area contributed by atoms with Crippen LogP contribution < -0.4 is 5.32 Å². The van der Waals surface area contributed by atoms with Crippen LogP contribution in [0.15, 0.2) is 53.7 Å². The molecule has 122 valence electrons. The topological polar surface area (TPSA) is 101 Å². The monoisotopic (exact) mass is 342 g/mol. The number of hydrogen-bond donors (Lipinski definition) is 2. The highest BCUT2D eigenvalue weighted by Gasteiger charge is 2.10. The lowest BCUT2D eigenvalue weighted by Crippen LogP contribution is -2.11. The van der Waals surface area contributed by atoms with Crippen LogP contribution in [0.4, 0.5) is 11.4 Å². The number of nitrogens with one attached hydrogen (secondary N) is 2. The molecule has 0 spiro atoms. The minimum atomic E-state index is -0.443. The Labute approximate surface area is 141 Å². The SMILES string of the molecule is O=C(CCSc1nc2ccc([N+](=O)[O-])cc2[nH]1)Nc1ccccc1. The van der Waals surface area contributed by atoms with Gasteiger partial charge in [-0.1, -0.05) is 30.0 Å². The van der Waals surface area contributed by atoms with Gasteiger partial charge in [0, 0.05) is 30.0 Å². The second kappa shape index (κ2) is 7.14. The summed E-state index contributed by atoms with van der Waals surface area (Å²) in [7, 11) is 0. The second-order valence-corrected chi connectivity index (χ2v) is 6.10. The molecule has 7 nitrogen and oxygen atoms in total. The van der Waals surface area contributed by atoms with Crippen molar-refractivity contribution >= 4 is 40.1 Å². The molecule has 2 aromatic carbocycles. The van der Waals surface area contributed by atoms with Crippen molar-refractivity contribution in [2.75, 3.05) is 11.1 Å². The molecule has 0 aliphatic carbocycles. The average molecular weight is 342 g/mol. The molecule has 0 bridgehead atoms. The standard InChI is InChI=1S/C16H14N4O3S/c21-15(17-11-4-2-1-3-5-11)8-9-24-16-18-13-7-6-12(20(22)23)10-14(13)19-16/h1-7,10H,8-9H2,(H,17,21)(H,18,19). The van der Waals surface area contributed by atoms with E-state index in [1.165, 1.54) is 23.9 Å². The lowest BCUT2D eigenvalue weighted by molar-refractivity contribution is -0.384. The van der Waals surface area contributed by atoms with Crippen LogP contribution in [-0.2, 0) is 4.79 Å². The minimum Gasteiger partial charge on any atom is -0.333 e. The van der Waals surface area contributed by atoms with Crippen LogP contribution >= 0.6 is 11.8 Å². The predicted octanol–water partition coefficient (Wildman–Crippen LogP) is 3.59. The normalized spacial score (nSPS) is 10.7. The van der Waals surface area contributed by atoms with Crippen molar-refractivity contribution in [3.05, 3.63) is 58.6 Å². The van der Waals surface area contributed by atoms with Gasteiger partial charge in [-0.2, -0.15) is 0 Å². The number of anilines is 1. The zero-order valence-corrected chi connectivity index (χ0v) is 13.4. The van der Waals surface area contributed by atoms with Gasteiger partial charge in [0.05, 0.1) is 16.0 Å². The number of non-ortho nitro benzene ring substituents is 1. The number of nitro groups is 1. The van der Waals surface area contributed by atoms with Gasteiger partial charge in [-0.25, -0.2) is 4.98 Å². The summed E-state index contributed by atoms with van der Waals surface area (Å²) in [6.45, 7) is 0. The summed E-state index contributed by atoms with van der Waals surface area (Å²) in [5.74, 6) is 0.487. The Morgan fingerprint density at radius 1 is 1.25 bits per heavy atom. The number of fused-ring (bicyclic) bond motifs is 1. The first kappa shape index (κ1) is 16.0. The number of nitrogens with zero attached hydrogens (tertiary/aromatic N) is 2. The summed E-state index contributed by atoms with van der Waals surface area (Å²) >= 11 is 1.40. The molecule has 3 rings (SSSR count). The molecule has 0 saturated carbocycles. The van der Waals surface area contributed by atoms with E-state index >= 15 is 0 Å². The molecule has 0 aliphatic heterocycles. The molecule has 1 amide bonds.